The number of methoxy groups -OCH3 is 1. The van der Waals surface area contributed by atoms with E-state index < -0.39 is 5.97 Å². The SMILES string of the molecule is CCN(CC)c1ccc(/C=C(\C#N)c2nc3ccc(C(=O)OC)cc3[nH]2)cc1. The number of fused-ring (bicyclic) bond motifs is 1. The van der Waals surface area contributed by atoms with Crippen molar-refractivity contribution in [1.82, 2.24) is 9.97 Å². The Hall–Kier alpha value is -3.59. The monoisotopic (exact) mass is 374 g/mol. The van der Waals surface area contributed by atoms with E-state index in [1.54, 1.807) is 24.3 Å². The largest absolute Gasteiger partial charge is 0.465 e. The highest BCUT2D eigenvalue weighted by Gasteiger charge is 2.11. The minimum Gasteiger partial charge on any atom is -0.465 e. The van der Waals surface area contributed by atoms with Crippen molar-refractivity contribution in [2.24, 2.45) is 0 Å². The minimum atomic E-state index is -0.414. The number of nitrogens with zero attached hydrogens (tertiary/aromatic N) is 3. The second-order valence-corrected chi connectivity index (χ2v) is 6.24. The van der Waals surface area contributed by atoms with Gasteiger partial charge in [0, 0.05) is 18.8 Å². The second kappa shape index (κ2) is 8.40. The van der Waals surface area contributed by atoms with Crippen LogP contribution in [0.1, 0.15) is 35.6 Å². The van der Waals surface area contributed by atoms with Gasteiger partial charge < -0.3 is 14.6 Å². The van der Waals surface area contributed by atoms with Crippen LogP contribution in [0.15, 0.2) is 42.5 Å². The highest BCUT2D eigenvalue weighted by atomic mass is 16.5. The number of anilines is 1. The quantitative estimate of drug-likeness (QED) is 0.515. The van der Waals surface area contributed by atoms with Crippen LogP contribution < -0.4 is 4.90 Å². The molecule has 6 heteroatoms. The number of hydrogen-bond acceptors (Lipinski definition) is 5. The van der Waals surface area contributed by atoms with Gasteiger partial charge in [-0.05, 0) is 55.8 Å². The number of aromatic amines is 1. The predicted molar refractivity (Wildman–Crippen MR) is 111 cm³/mol. The first-order chi connectivity index (χ1) is 13.6. The summed E-state index contributed by atoms with van der Waals surface area (Å²) in [4.78, 5) is 21.5. The average molecular weight is 374 g/mol. The average Bonchev–Trinajstić information content (AvgIpc) is 3.16. The second-order valence-electron chi connectivity index (χ2n) is 6.24. The number of hydrogen-bond donors (Lipinski definition) is 1. The number of nitriles is 1. The zero-order chi connectivity index (χ0) is 20.1. The summed E-state index contributed by atoms with van der Waals surface area (Å²) in [5.41, 5.74) is 4.28. The molecule has 6 nitrogen and oxygen atoms in total. The highest BCUT2D eigenvalue weighted by Crippen LogP contribution is 2.22. The number of carbonyl (C=O) groups is 1. The van der Waals surface area contributed by atoms with Crippen LogP contribution in [0.2, 0.25) is 0 Å². The van der Waals surface area contributed by atoms with Crippen molar-refractivity contribution in [1.29, 1.82) is 5.26 Å². The van der Waals surface area contributed by atoms with Crippen molar-refractivity contribution in [3.8, 4) is 6.07 Å². The molecule has 0 spiro atoms. The van der Waals surface area contributed by atoms with Crippen molar-refractivity contribution in [2.75, 3.05) is 25.1 Å². The van der Waals surface area contributed by atoms with Gasteiger partial charge in [-0.2, -0.15) is 5.26 Å². The molecule has 0 bridgehead atoms. The smallest absolute Gasteiger partial charge is 0.337 e. The summed E-state index contributed by atoms with van der Waals surface area (Å²) in [6.45, 7) is 6.14. The number of rotatable bonds is 6. The molecule has 28 heavy (non-hydrogen) atoms. The van der Waals surface area contributed by atoms with Crippen LogP contribution in [0.25, 0.3) is 22.7 Å². The molecule has 2 aromatic carbocycles. The van der Waals surface area contributed by atoms with E-state index in [2.05, 4.69) is 46.9 Å². The lowest BCUT2D eigenvalue weighted by molar-refractivity contribution is 0.0601. The molecule has 0 aliphatic heterocycles. The molecule has 1 aromatic heterocycles. The van der Waals surface area contributed by atoms with Crippen molar-refractivity contribution < 1.29 is 9.53 Å². The summed E-state index contributed by atoms with van der Waals surface area (Å²) in [5, 5.41) is 9.61. The fourth-order valence-electron chi connectivity index (χ4n) is 3.07. The Balaban J connectivity index is 1.92. The number of ether oxygens (including phenoxy) is 1. The zero-order valence-corrected chi connectivity index (χ0v) is 16.2. The molecule has 3 aromatic rings. The molecule has 3 rings (SSSR count). The van der Waals surface area contributed by atoms with Gasteiger partial charge in [0.05, 0.1) is 29.3 Å². The molecule has 0 saturated carbocycles. The van der Waals surface area contributed by atoms with Crippen LogP contribution in [0, 0.1) is 11.3 Å². The maximum atomic E-state index is 11.7. The van der Waals surface area contributed by atoms with E-state index in [-0.39, 0.29) is 0 Å². The maximum Gasteiger partial charge on any atom is 0.337 e. The van der Waals surface area contributed by atoms with Gasteiger partial charge in [0.2, 0.25) is 0 Å². The third-order valence-corrected chi connectivity index (χ3v) is 4.61. The molecule has 0 saturated heterocycles. The molecule has 1 heterocycles. The number of allylic oxidation sites excluding steroid dienone is 1. The summed E-state index contributed by atoms with van der Waals surface area (Å²) in [6, 6.07) is 15.3. The van der Waals surface area contributed by atoms with Crippen LogP contribution in [0.3, 0.4) is 0 Å². The number of benzene rings is 2. The van der Waals surface area contributed by atoms with E-state index in [1.807, 2.05) is 12.1 Å². The van der Waals surface area contributed by atoms with E-state index >= 15 is 0 Å². The van der Waals surface area contributed by atoms with Crippen LogP contribution in [-0.2, 0) is 4.74 Å². The normalized spacial score (nSPS) is 11.3. The summed E-state index contributed by atoms with van der Waals surface area (Å²) in [7, 11) is 1.34. The summed E-state index contributed by atoms with van der Waals surface area (Å²) >= 11 is 0. The molecule has 0 amide bonds. The third-order valence-electron chi connectivity index (χ3n) is 4.61. The maximum absolute atomic E-state index is 11.7. The van der Waals surface area contributed by atoms with Crippen molar-refractivity contribution in [3.05, 3.63) is 59.4 Å². The Morgan fingerprint density at radius 2 is 1.93 bits per heavy atom. The topological polar surface area (TPSA) is 82.0 Å². The molecule has 0 atom stereocenters. The number of aromatic nitrogens is 2. The Kier molecular flexibility index (Phi) is 5.75. The molecule has 0 radical (unpaired) electrons. The summed E-state index contributed by atoms with van der Waals surface area (Å²) in [5.74, 6) is 0.0507. The van der Waals surface area contributed by atoms with Crippen LogP contribution in [-0.4, -0.2) is 36.1 Å². The fourth-order valence-corrected chi connectivity index (χ4v) is 3.07. The zero-order valence-electron chi connectivity index (χ0n) is 16.2. The predicted octanol–water partition coefficient (Wildman–Crippen LogP) is 4.26. The number of H-pyrrole nitrogens is 1. The molecular formula is C22H22N4O2. The number of esters is 1. The van der Waals surface area contributed by atoms with Crippen molar-refractivity contribution >= 4 is 34.3 Å². The first-order valence-electron chi connectivity index (χ1n) is 9.14. The molecule has 1 N–H and O–H groups in total. The molecular weight excluding hydrogens is 352 g/mol. The lowest BCUT2D eigenvalue weighted by atomic mass is 10.1. The Labute approximate surface area is 164 Å². The Morgan fingerprint density at radius 1 is 1.21 bits per heavy atom. The molecule has 0 unspecified atom stereocenters. The van der Waals surface area contributed by atoms with Gasteiger partial charge in [0.15, 0.2) is 0 Å². The van der Waals surface area contributed by atoms with Crippen LogP contribution in [0.5, 0.6) is 0 Å². The molecule has 0 fully saturated rings. The highest BCUT2D eigenvalue weighted by molar-refractivity contribution is 5.95. The number of imidazole rings is 1. The van der Waals surface area contributed by atoms with Crippen molar-refractivity contribution in [3.63, 3.8) is 0 Å². The molecule has 142 valence electrons. The van der Waals surface area contributed by atoms with Gasteiger partial charge in [-0.25, -0.2) is 9.78 Å². The Bertz CT molecular complexity index is 1050. The van der Waals surface area contributed by atoms with Gasteiger partial charge in [0.25, 0.3) is 0 Å². The van der Waals surface area contributed by atoms with Gasteiger partial charge in [-0.1, -0.05) is 12.1 Å². The van der Waals surface area contributed by atoms with Gasteiger partial charge in [-0.3, -0.25) is 0 Å². The third kappa shape index (κ3) is 3.89. The van der Waals surface area contributed by atoms with E-state index in [1.165, 1.54) is 7.11 Å². The molecule has 0 aliphatic carbocycles. The number of carbonyl (C=O) groups excluding carboxylic acids is 1. The fraction of sp³-hybridized carbons (Fsp3) is 0.227. The number of nitrogens with one attached hydrogen (secondary N) is 1. The first-order valence-corrected chi connectivity index (χ1v) is 9.14. The Morgan fingerprint density at radius 3 is 2.54 bits per heavy atom. The van der Waals surface area contributed by atoms with Crippen LogP contribution in [0.4, 0.5) is 5.69 Å². The van der Waals surface area contributed by atoms with E-state index in [0.29, 0.717) is 28.0 Å². The minimum absolute atomic E-state index is 0.414. The van der Waals surface area contributed by atoms with Gasteiger partial charge >= 0.3 is 5.97 Å². The van der Waals surface area contributed by atoms with Crippen molar-refractivity contribution in [2.45, 2.75) is 13.8 Å². The van der Waals surface area contributed by atoms with E-state index in [0.717, 1.165) is 24.3 Å². The standard InChI is InChI=1S/C22H22N4O2/c1-4-26(5-2)18-9-6-15(7-10-18)12-17(14-23)21-24-19-11-8-16(22(27)28-3)13-20(19)25-21/h6-13H,4-5H2,1-3H3,(H,24,25)/b17-12+. The van der Waals surface area contributed by atoms with Crippen LogP contribution >= 0.6 is 0 Å². The summed E-state index contributed by atoms with van der Waals surface area (Å²) in [6.07, 6.45) is 1.80. The lowest BCUT2D eigenvalue weighted by Gasteiger charge is -2.20. The van der Waals surface area contributed by atoms with E-state index in [4.69, 9.17) is 4.74 Å². The van der Waals surface area contributed by atoms with Gasteiger partial charge in [-0.15, -0.1) is 0 Å². The van der Waals surface area contributed by atoms with E-state index in [9.17, 15) is 10.1 Å². The summed E-state index contributed by atoms with van der Waals surface area (Å²) < 4.78 is 4.74. The van der Waals surface area contributed by atoms with Gasteiger partial charge in [0.1, 0.15) is 11.9 Å². The first kappa shape index (κ1) is 19.2. The molecule has 0 aliphatic rings. The lowest BCUT2D eigenvalue weighted by Crippen LogP contribution is -2.21.